The molecular formula is C4H7O6P. The van der Waals surface area contributed by atoms with Crippen molar-refractivity contribution in [3.05, 3.63) is 0 Å². The third-order valence-corrected chi connectivity index (χ3v) is 2.42. The average molecular weight is 182 g/mol. The number of hydrogen-bond acceptors (Lipinski definition) is 4. The molecule has 0 radical (unpaired) electrons. The maximum atomic E-state index is 10.5. The van der Waals surface area contributed by atoms with E-state index in [2.05, 4.69) is 9.47 Å². The van der Waals surface area contributed by atoms with Crippen molar-refractivity contribution in [2.45, 2.75) is 18.9 Å². The fourth-order valence-corrected chi connectivity index (χ4v) is 1.61. The van der Waals surface area contributed by atoms with Crippen LogP contribution in [0.15, 0.2) is 0 Å². The number of carbonyl (C=O) groups is 1. The predicted molar refractivity (Wildman–Crippen MR) is 32.9 cm³/mol. The number of cyclic esters (lactones) is 2. The summed E-state index contributed by atoms with van der Waals surface area (Å²) >= 11 is 0. The summed E-state index contributed by atoms with van der Waals surface area (Å²) in [6.45, 7) is 1.36. The molecule has 1 rings (SSSR count). The molecule has 0 aliphatic carbocycles. The lowest BCUT2D eigenvalue weighted by atomic mass is 10.4. The van der Waals surface area contributed by atoms with Gasteiger partial charge in [0.2, 0.25) is 5.85 Å². The zero-order valence-corrected chi connectivity index (χ0v) is 6.52. The van der Waals surface area contributed by atoms with E-state index < -0.39 is 25.7 Å². The van der Waals surface area contributed by atoms with Crippen molar-refractivity contribution < 1.29 is 28.6 Å². The molecule has 11 heavy (non-hydrogen) atoms. The van der Waals surface area contributed by atoms with Gasteiger partial charge in [0.25, 0.3) is 0 Å². The highest BCUT2D eigenvalue weighted by molar-refractivity contribution is 7.52. The lowest BCUT2D eigenvalue weighted by Crippen LogP contribution is -2.18. The van der Waals surface area contributed by atoms with Crippen LogP contribution in [0.25, 0.3) is 0 Å². The Hall–Kier alpha value is -0.580. The maximum Gasteiger partial charge on any atom is 0.509 e. The second kappa shape index (κ2) is 2.48. The first kappa shape index (κ1) is 8.52. The first-order valence-corrected chi connectivity index (χ1v) is 4.52. The molecule has 0 aromatic rings. The van der Waals surface area contributed by atoms with Crippen molar-refractivity contribution in [2.24, 2.45) is 0 Å². The van der Waals surface area contributed by atoms with Gasteiger partial charge in [0.1, 0.15) is 0 Å². The van der Waals surface area contributed by atoms with Gasteiger partial charge in [0.05, 0.1) is 0 Å². The Bertz CT molecular complexity index is 219. The van der Waals surface area contributed by atoms with Crippen molar-refractivity contribution >= 4 is 13.8 Å². The fraction of sp³-hybridized carbons (Fsp3) is 0.750. The van der Waals surface area contributed by atoms with Gasteiger partial charge in [-0.1, -0.05) is 0 Å². The lowest BCUT2D eigenvalue weighted by Gasteiger charge is -2.11. The number of carbonyl (C=O) groups excluding carboxylic acids is 1. The van der Waals surface area contributed by atoms with Crippen LogP contribution < -0.4 is 0 Å². The zero-order valence-electron chi connectivity index (χ0n) is 5.63. The standard InChI is InChI=1S/C4H7O6P/c1-2-3(11(6,7)8)10-4(5)9-2/h2-3H,1H3,(H2,6,7,8)/t2-,3+/m1/s1. The molecular weight excluding hydrogens is 175 g/mol. The molecule has 1 aliphatic rings. The maximum absolute atomic E-state index is 10.5. The van der Waals surface area contributed by atoms with Crippen molar-refractivity contribution in [3.63, 3.8) is 0 Å². The van der Waals surface area contributed by atoms with Gasteiger partial charge in [-0.25, -0.2) is 4.79 Å². The molecule has 0 aromatic carbocycles. The SMILES string of the molecule is C[C@H]1OC(=O)O[C@H]1P(=O)(O)O. The largest absolute Gasteiger partial charge is 0.509 e. The molecule has 2 N–H and O–H groups in total. The Labute approximate surface area is 62.3 Å². The van der Waals surface area contributed by atoms with E-state index in [-0.39, 0.29) is 0 Å². The van der Waals surface area contributed by atoms with Crippen molar-refractivity contribution in [2.75, 3.05) is 0 Å². The molecule has 0 unspecified atom stereocenters. The number of hydrogen-bond donors (Lipinski definition) is 2. The first-order chi connectivity index (χ1) is 4.91. The van der Waals surface area contributed by atoms with E-state index >= 15 is 0 Å². The molecule has 7 heteroatoms. The van der Waals surface area contributed by atoms with E-state index in [4.69, 9.17) is 9.79 Å². The van der Waals surface area contributed by atoms with E-state index in [9.17, 15) is 9.36 Å². The molecule has 0 aromatic heterocycles. The summed E-state index contributed by atoms with van der Waals surface area (Å²) in [5.41, 5.74) is 0. The van der Waals surface area contributed by atoms with Gasteiger partial charge >= 0.3 is 13.8 Å². The van der Waals surface area contributed by atoms with Gasteiger partial charge in [-0.3, -0.25) is 4.57 Å². The Balaban J connectivity index is 2.76. The van der Waals surface area contributed by atoms with Gasteiger partial charge in [-0.2, -0.15) is 0 Å². The van der Waals surface area contributed by atoms with E-state index in [1.807, 2.05) is 0 Å². The van der Waals surface area contributed by atoms with E-state index in [0.717, 1.165) is 0 Å². The highest BCUT2D eigenvalue weighted by atomic mass is 31.2. The summed E-state index contributed by atoms with van der Waals surface area (Å²) in [4.78, 5) is 27.4. The summed E-state index contributed by atoms with van der Waals surface area (Å²) in [5, 5.41) is 0. The van der Waals surface area contributed by atoms with Gasteiger partial charge in [-0.05, 0) is 6.92 Å². The van der Waals surface area contributed by atoms with Crippen LogP contribution in [0.4, 0.5) is 4.79 Å². The second-order valence-corrected chi connectivity index (χ2v) is 3.86. The highest BCUT2D eigenvalue weighted by Crippen LogP contribution is 2.46. The minimum atomic E-state index is -4.37. The van der Waals surface area contributed by atoms with Crippen LogP contribution in [-0.2, 0) is 14.0 Å². The summed E-state index contributed by atoms with van der Waals surface area (Å²) in [6, 6.07) is 0. The Morgan fingerprint density at radius 1 is 1.45 bits per heavy atom. The minimum absolute atomic E-state index is 0.886. The first-order valence-electron chi connectivity index (χ1n) is 2.84. The zero-order chi connectivity index (χ0) is 8.65. The molecule has 1 fully saturated rings. The van der Waals surface area contributed by atoms with Crippen LogP contribution >= 0.6 is 7.60 Å². The second-order valence-electron chi connectivity index (χ2n) is 2.17. The molecule has 0 bridgehead atoms. The monoisotopic (exact) mass is 182 g/mol. The molecule has 0 spiro atoms. The van der Waals surface area contributed by atoms with E-state index in [1.54, 1.807) is 0 Å². The predicted octanol–water partition coefficient (Wildman–Crippen LogP) is 0.0455. The van der Waals surface area contributed by atoms with Crippen molar-refractivity contribution in [3.8, 4) is 0 Å². The molecule has 0 saturated carbocycles. The summed E-state index contributed by atoms with van der Waals surface area (Å²) in [6.07, 6.45) is -1.92. The molecule has 1 heterocycles. The number of rotatable bonds is 1. The van der Waals surface area contributed by atoms with Crippen LogP contribution in [0.1, 0.15) is 6.92 Å². The van der Waals surface area contributed by atoms with Crippen LogP contribution in [0, 0.1) is 0 Å². The van der Waals surface area contributed by atoms with E-state index in [0.29, 0.717) is 0 Å². The van der Waals surface area contributed by atoms with Crippen LogP contribution in [0.2, 0.25) is 0 Å². The minimum Gasteiger partial charge on any atom is -0.427 e. The van der Waals surface area contributed by atoms with Crippen molar-refractivity contribution in [1.29, 1.82) is 0 Å². The molecule has 1 saturated heterocycles. The molecule has 64 valence electrons. The van der Waals surface area contributed by atoms with Crippen LogP contribution in [0.5, 0.6) is 0 Å². The molecule has 1 aliphatic heterocycles. The number of ether oxygens (including phenoxy) is 2. The quantitative estimate of drug-likeness (QED) is 0.439. The summed E-state index contributed by atoms with van der Waals surface area (Å²) < 4.78 is 19.1. The molecule has 6 nitrogen and oxygen atoms in total. The van der Waals surface area contributed by atoms with Gasteiger partial charge < -0.3 is 19.3 Å². The summed E-state index contributed by atoms with van der Waals surface area (Å²) in [5.74, 6) is -1.45. The topological polar surface area (TPSA) is 93.1 Å². The third kappa shape index (κ3) is 1.71. The Morgan fingerprint density at radius 2 is 2.00 bits per heavy atom. The normalized spacial score (nSPS) is 31.4. The Kier molecular flexibility index (Phi) is 1.92. The average Bonchev–Trinajstić information content (AvgIpc) is 2.08. The van der Waals surface area contributed by atoms with Gasteiger partial charge in [0.15, 0.2) is 6.10 Å². The van der Waals surface area contributed by atoms with Crippen LogP contribution in [-0.4, -0.2) is 27.9 Å². The van der Waals surface area contributed by atoms with Crippen molar-refractivity contribution in [1.82, 2.24) is 0 Å². The van der Waals surface area contributed by atoms with Gasteiger partial charge in [0, 0.05) is 0 Å². The molecule has 2 atom stereocenters. The summed E-state index contributed by atoms with van der Waals surface area (Å²) in [7, 11) is -4.37. The van der Waals surface area contributed by atoms with Gasteiger partial charge in [-0.15, -0.1) is 0 Å². The Morgan fingerprint density at radius 3 is 2.18 bits per heavy atom. The fourth-order valence-electron chi connectivity index (χ4n) is 0.774. The van der Waals surface area contributed by atoms with Crippen LogP contribution in [0.3, 0.4) is 0 Å². The molecule has 0 amide bonds. The highest BCUT2D eigenvalue weighted by Gasteiger charge is 2.45. The third-order valence-electron chi connectivity index (χ3n) is 1.23. The lowest BCUT2D eigenvalue weighted by molar-refractivity contribution is 0.119. The van der Waals surface area contributed by atoms with E-state index in [1.165, 1.54) is 6.92 Å². The smallest absolute Gasteiger partial charge is 0.427 e.